The molecule has 1 aliphatic rings. The third-order valence-electron chi connectivity index (χ3n) is 4.46. The molecular weight excluding hydrogens is 306 g/mol. The van der Waals surface area contributed by atoms with Crippen molar-refractivity contribution >= 4 is 5.96 Å². The highest BCUT2D eigenvalue weighted by molar-refractivity contribution is 5.79. The molecule has 1 rings (SSSR count). The average molecular weight is 344 g/mol. The molecular formula is C17H37N5O2. The highest BCUT2D eigenvalue weighted by Gasteiger charge is 2.20. The summed E-state index contributed by atoms with van der Waals surface area (Å²) in [5.74, 6) is 0.867. The van der Waals surface area contributed by atoms with Gasteiger partial charge in [0.25, 0.3) is 0 Å². The Bertz CT molecular complexity index is 333. The molecule has 0 saturated carbocycles. The van der Waals surface area contributed by atoms with Gasteiger partial charge in [-0.3, -0.25) is 9.89 Å². The minimum Gasteiger partial charge on any atom is -0.382 e. The highest BCUT2D eigenvalue weighted by Crippen LogP contribution is 2.05. The minimum absolute atomic E-state index is 0.514. The molecule has 7 heteroatoms. The van der Waals surface area contributed by atoms with Gasteiger partial charge in [0.05, 0.1) is 13.2 Å². The summed E-state index contributed by atoms with van der Waals surface area (Å²) in [6, 6.07) is 0.514. The van der Waals surface area contributed by atoms with Crippen molar-refractivity contribution in [3.8, 4) is 0 Å². The molecule has 0 amide bonds. The van der Waals surface area contributed by atoms with E-state index in [1.165, 1.54) is 13.1 Å². The molecule has 1 atom stereocenters. The predicted molar refractivity (Wildman–Crippen MR) is 99.8 cm³/mol. The third kappa shape index (κ3) is 8.82. The zero-order valence-corrected chi connectivity index (χ0v) is 16.0. The van der Waals surface area contributed by atoms with Gasteiger partial charge in [-0.2, -0.15) is 0 Å². The Hall–Kier alpha value is -0.890. The first-order valence-corrected chi connectivity index (χ1v) is 9.18. The maximum Gasteiger partial charge on any atom is 0.191 e. The molecule has 1 unspecified atom stereocenters. The molecule has 1 aliphatic heterocycles. The summed E-state index contributed by atoms with van der Waals surface area (Å²) in [5.41, 5.74) is 0. The minimum atomic E-state index is 0.514. The van der Waals surface area contributed by atoms with Crippen LogP contribution in [0.5, 0.6) is 0 Å². The van der Waals surface area contributed by atoms with Gasteiger partial charge in [0.2, 0.25) is 0 Å². The maximum atomic E-state index is 5.45. The number of hydrogen-bond donors (Lipinski definition) is 2. The molecule has 24 heavy (non-hydrogen) atoms. The summed E-state index contributed by atoms with van der Waals surface area (Å²) in [6.07, 6.45) is 0.957. The Kier molecular flexibility index (Phi) is 11.8. The molecule has 0 aromatic rings. The second-order valence-electron chi connectivity index (χ2n) is 6.16. The lowest BCUT2D eigenvalue weighted by Crippen LogP contribution is -2.53. The van der Waals surface area contributed by atoms with Crippen molar-refractivity contribution in [3.63, 3.8) is 0 Å². The van der Waals surface area contributed by atoms with Crippen LogP contribution in [0.1, 0.15) is 20.3 Å². The summed E-state index contributed by atoms with van der Waals surface area (Å²) < 4.78 is 10.4. The lowest BCUT2D eigenvalue weighted by molar-refractivity contribution is 0.0698. The summed E-state index contributed by atoms with van der Waals surface area (Å²) in [6.45, 7) is 14.2. The molecule has 0 aromatic heterocycles. The zero-order chi connectivity index (χ0) is 17.6. The zero-order valence-electron chi connectivity index (χ0n) is 16.0. The molecule has 0 aliphatic carbocycles. The highest BCUT2D eigenvalue weighted by atomic mass is 16.5. The van der Waals surface area contributed by atoms with E-state index in [1.54, 1.807) is 7.11 Å². The Morgan fingerprint density at radius 2 is 1.88 bits per heavy atom. The number of hydrogen-bond acceptors (Lipinski definition) is 5. The fourth-order valence-electron chi connectivity index (χ4n) is 2.74. The Labute approximate surface area is 147 Å². The predicted octanol–water partition coefficient (Wildman–Crippen LogP) is 0.231. The number of nitrogens with zero attached hydrogens (tertiary/aromatic N) is 3. The van der Waals surface area contributed by atoms with Crippen LogP contribution in [0.15, 0.2) is 4.99 Å². The van der Waals surface area contributed by atoms with Crippen LogP contribution >= 0.6 is 0 Å². The van der Waals surface area contributed by atoms with Crippen LogP contribution in [0, 0.1) is 0 Å². The lowest BCUT2D eigenvalue weighted by Gasteiger charge is -2.37. The molecule has 1 heterocycles. The first-order valence-electron chi connectivity index (χ1n) is 9.18. The van der Waals surface area contributed by atoms with Crippen LogP contribution in [0.3, 0.4) is 0 Å². The van der Waals surface area contributed by atoms with Gasteiger partial charge in [-0.15, -0.1) is 0 Å². The molecule has 142 valence electrons. The van der Waals surface area contributed by atoms with Crippen molar-refractivity contribution in [2.75, 3.05) is 79.8 Å². The van der Waals surface area contributed by atoms with E-state index < -0.39 is 0 Å². The van der Waals surface area contributed by atoms with Crippen LogP contribution in [-0.2, 0) is 9.47 Å². The first-order chi connectivity index (χ1) is 11.7. The van der Waals surface area contributed by atoms with Crippen LogP contribution in [-0.4, -0.2) is 102 Å². The Morgan fingerprint density at radius 3 is 2.50 bits per heavy atom. The SMILES string of the molecule is CCN1CCN(C(C)CNC(=NC)NCCCOCCOC)CC1. The first kappa shape index (κ1) is 21.2. The van der Waals surface area contributed by atoms with Crippen molar-refractivity contribution in [2.45, 2.75) is 26.3 Å². The number of rotatable bonds is 11. The third-order valence-corrected chi connectivity index (χ3v) is 4.46. The van der Waals surface area contributed by atoms with E-state index in [9.17, 15) is 0 Å². The normalized spacial score (nSPS) is 18.6. The monoisotopic (exact) mass is 343 g/mol. The fraction of sp³-hybridized carbons (Fsp3) is 0.941. The van der Waals surface area contributed by atoms with E-state index in [0.717, 1.165) is 51.7 Å². The molecule has 7 nitrogen and oxygen atoms in total. The maximum absolute atomic E-state index is 5.45. The van der Waals surface area contributed by atoms with Gasteiger partial charge in [0.15, 0.2) is 5.96 Å². The van der Waals surface area contributed by atoms with Gasteiger partial charge in [0, 0.05) is 66.1 Å². The fourth-order valence-corrected chi connectivity index (χ4v) is 2.74. The van der Waals surface area contributed by atoms with Crippen LogP contribution < -0.4 is 10.6 Å². The molecule has 0 radical (unpaired) electrons. The summed E-state index contributed by atoms with van der Waals surface area (Å²) in [7, 11) is 3.50. The topological polar surface area (TPSA) is 61.4 Å². The van der Waals surface area contributed by atoms with E-state index in [4.69, 9.17) is 9.47 Å². The van der Waals surface area contributed by atoms with Crippen LogP contribution in [0.4, 0.5) is 0 Å². The van der Waals surface area contributed by atoms with Gasteiger partial charge in [0.1, 0.15) is 0 Å². The number of piperazine rings is 1. The number of guanidine groups is 1. The van der Waals surface area contributed by atoms with E-state index >= 15 is 0 Å². The summed E-state index contributed by atoms with van der Waals surface area (Å²) in [5, 5.41) is 6.76. The Balaban J connectivity index is 2.10. The molecule has 1 fully saturated rings. The van der Waals surface area contributed by atoms with Crippen molar-refractivity contribution in [2.24, 2.45) is 4.99 Å². The number of aliphatic imine (C=N–C) groups is 1. The van der Waals surface area contributed by atoms with Gasteiger partial charge in [-0.05, 0) is 19.9 Å². The lowest BCUT2D eigenvalue weighted by atomic mass is 10.2. The molecule has 0 aromatic carbocycles. The van der Waals surface area contributed by atoms with E-state index in [1.807, 2.05) is 7.05 Å². The molecule has 0 bridgehead atoms. The number of methoxy groups -OCH3 is 1. The standard InChI is InChI=1S/C17H37N5O2/c1-5-21-8-10-22(11-9-21)16(2)15-20-17(18-3)19-7-6-12-24-14-13-23-4/h16H,5-15H2,1-4H3,(H2,18,19,20). The van der Waals surface area contributed by atoms with Crippen molar-refractivity contribution in [1.29, 1.82) is 0 Å². The van der Waals surface area contributed by atoms with Crippen molar-refractivity contribution < 1.29 is 9.47 Å². The van der Waals surface area contributed by atoms with E-state index in [2.05, 4.69) is 39.3 Å². The van der Waals surface area contributed by atoms with Gasteiger partial charge >= 0.3 is 0 Å². The quantitative estimate of drug-likeness (QED) is 0.318. The molecule has 1 saturated heterocycles. The number of likely N-dealkylation sites (N-methyl/N-ethyl adjacent to an activating group) is 1. The van der Waals surface area contributed by atoms with E-state index in [0.29, 0.717) is 19.3 Å². The van der Waals surface area contributed by atoms with E-state index in [-0.39, 0.29) is 0 Å². The summed E-state index contributed by atoms with van der Waals surface area (Å²) in [4.78, 5) is 9.34. The largest absolute Gasteiger partial charge is 0.382 e. The molecule has 0 spiro atoms. The number of ether oxygens (including phenoxy) is 2. The smallest absolute Gasteiger partial charge is 0.191 e. The van der Waals surface area contributed by atoms with Crippen molar-refractivity contribution in [3.05, 3.63) is 0 Å². The van der Waals surface area contributed by atoms with Crippen molar-refractivity contribution in [1.82, 2.24) is 20.4 Å². The average Bonchev–Trinajstić information content (AvgIpc) is 2.63. The second kappa shape index (κ2) is 13.4. The van der Waals surface area contributed by atoms with Gasteiger partial charge in [-0.25, -0.2) is 0 Å². The van der Waals surface area contributed by atoms with Gasteiger partial charge in [-0.1, -0.05) is 6.92 Å². The van der Waals surface area contributed by atoms with Crippen LogP contribution in [0.2, 0.25) is 0 Å². The summed E-state index contributed by atoms with van der Waals surface area (Å²) >= 11 is 0. The van der Waals surface area contributed by atoms with Gasteiger partial charge < -0.3 is 25.0 Å². The Morgan fingerprint density at radius 1 is 1.12 bits per heavy atom. The van der Waals surface area contributed by atoms with Crippen LogP contribution in [0.25, 0.3) is 0 Å². The number of nitrogens with one attached hydrogen (secondary N) is 2. The molecule has 2 N–H and O–H groups in total. The second-order valence-corrected chi connectivity index (χ2v) is 6.16.